The molecule has 2 N–H and O–H groups in total. The van der Waals surface area contributed by atoms with Crippen LogP contribution in [-0.2, 0) is 16.2 Å². The van der Waals surface area contributed by atoms with Gasteiger partial charge in [-0.25, -0.2) is 14.5 Å². The summed E-state index contributed by atoms with van der Waals surface area (Å²) < 4.78 is 17.5. The number of halogens is 1. The molecule has 0 bridgehead atoms. The molecule has 4 amide bonds. The molecule has 3 aromatic carbocycles. The highest BCUT2D eigenvalue weighted by Crippen LogP contribution is 2.35. The summed E-state index contributed by atoms with van der Waals surface area (Å²) in [6, 6.07) is 15.2. The van der Waals surface area contributed by atoms with E-state index in [4.69, 9.17) is 19.3 Å². The van der Waals surface area contributed by atoms with Crippen molar-refractivity contribution in [2.24, 2.45) is 0 Å². The molecule has 4 rings (SSSR count). The summed E-state index contributed by atoms with van der Waals surface area (Å²) in [5, 5.41) is 11.4. The number of benzene rings is 3. The number of aromatic carboxylic acids is 1. The smallest absolute Gasteiger partial charge is 0.336 e. The van der Waals surface area contributed by atoms with Gasteiger partial charge in [-0.15, -0.1) is 0 Å². The molecule has 1 aliphatic heterocycles. The van der Waals surface area contributed by atoms with Gasteiger partial charge >= 0.3 is 12.0 Å². The van der Waals surface area contributed by atoms with Crippen LogP contribution in [0, 0.1) is 0 Å². The number of nitrogens with one attached hydrogen (secondary N) is 1. The molecular weight excluding hydrogens is 584 g/mol. The van der Waals surface area contributed by atoms with Crippen LogP contribution < -0.4 is 24.4 Å². The highest BCUT2D eigenvalue weighted by molar-refractivity contribution is 9.10. The molecule has 40 heavy (non-hydrogen) atoms. The summed E-state index contributed by atoms with van der Waals surface area (Å²) in [6.45, 7) is 4.37. The van der Waals surface area contributed by atoms with Gasteiger partial charge in [-0.2, -0.15) is 0 Å². The van der Waals surface area contributed by atoms with Gasteiger partial charge in [0.2, 0.25) is 0 Å². The molecule has 1 aliphatic rings. The molecule has 0 unspecified atom stereocenters. The van der Waals surface area contributed by atoms with Crippen LogP contribution in [0.2, 0.25) is 0 Å². The number of ether oxygens (including phenoxy) is 3. The SMILES string of the molecule is CCOc1ccc(OCC)c(N2C(=O)NC(=O)/C(=C\c3ccc(OCc4cccc(C(=O)O)c4)c(Br)c3)C2=O)c1. The van der Waals surface area contributed by atoms with Crippen molar-refractivity contribution in [1.82, 2.24) is 5.32 Å². The van der Waals surface area contributed by atoms with Crippen molar-refractivity contribution in [3.05, 3.63) is 87.4 Å². The number of carbonyl (C=O) groups excluding carboxylic acids is 3. The van der Waals surface area contributed by atoms with Crippen molar-refractivity contribution in [3.8, 4) is 17.2 Å². The molecule has 1 heterocycles. The van der Waals surface area contributed by atoms with Crippen molar-refractivity contribution < 1.29 is 38.5 Å². The van der Waals surface area contributed by atoms with Crippen LogP contribution in [0.4, 0.5) is 10.5 Å². The normalized spacial score (nSPS) is 14.2. The molecule has 0 saturated carbocycles. The Bertz CT molecular complexity index is 1520. The predicted molar refractivity (Wildman–Crippen MR) is 150 cm³/mol. The summed E-state index contributed by atoms with van der Waals surface area (Å²) in [7, 11) is 0. The number of carboxylic acids is 1. The number of urea groups is 1. The topological polar surface area (TPSA) is 131 Å². The van der Waals surface area contributed by atoms with Gasteiger partial charge in [0.25, 0.3) is 11.8 Å². The average Bonchev–Trinajstić information content (AvgIpc) is 2.92. The van der Waals surface area contributed by atoms with E-state index in [0.717, 1.165) is 4.90 Å². The number of hydrogen-bond acceptors (Lipinski definition) is 7. The van der Waals surface area contributed by atoms with Crippen molar-refractivity contribution in [1.29, 1.82) is 0 Å². The summed E-state index contributed by atoms with van der Waals surface area (Å²) in [6.07, 6.45) is 1.37. The zero-order valence-electron chi connectivity index (χ0n) is 21.6. The molecule has 10 nitrogen and oxygen atoms in total. The van der Waals surface area contributed by atoms with Crippen LogP contribution in [0.25, 0.3) is 6.08 Å². The molecular formula is C29H25BrN2O8. The number of carboxylic acid groups (broad SMARTS) is 1. The lowest BCUT2D eigenvalue weighted by molar-refractivity contribution is -0.122. The quantitative estimate of drug-likeness (QED) is 0.237. The Labute approximate surface area is 238 Å². The van der Waals surface area contributed by atoms with Crippen molar-refractivity contribution in [2.75, 3.05) is 18.1 Å². The van der Waals surface area contributed by atoms with Crippen molar-refractivity contribution in [3.63, 3.8) is 0 Å². The van der Waals surface area contributed by atoms with Gasteiger partial charge in [-0.3, -0.25) is 14.9 Å². The van der Waals surface area contributed by atoms with Gasteiger partial charge in [0.05, 0.1) is 28.9 Å². The van der Waals surface area contributed by atoms with E-state index in [1.165, 1.54) is 24.3 Å². The third-order valence-corrected chi connectivity index (χ3v) is 6.34. The summed E-state index contributed by atoms with van der Waals surface area (Å²) in [4.78, 5) is 51.0. The second kappa shape index (κ2) is 12.5. The Morgan fingerprint density at radius 2 is 1.70 bits per heavy atom. The van der Waals surface area contributed by atoms with Crippen LogP contribution in [0.5, 0.6) is 17.2 Å². The minimum atomic E-state index is -1.03. The molecule has 0 atom stereocenters. The molecule has 0 aromatic heterocycles. The number of nitrogens with zero attached hydrogens (tertiary/aromatic N) is 1. The van der Waals surface area contributed by atoms with E-state index >= 15 is 0 Å². The van der Waals surface area contributed by atoms with Gasteiger partial charge in [0, 0.05) is 6.07 Å². The Morgan fingerprint density at radius 3 is 2.40 bits per heavy atom. The minimum absolute atomic E-state index is 0.126. The summed E-state index contributed by atoms with van der Waals surface area (Å²) in [5.41, 5.74) is 1.21. The molecule has 1 saturated heterocycles. The third kappa shape index (κ3) is 6.32. The Balaban J connectivity index is 1.59. The lowest BCUT2D eigenvalue weighted by Gasteiger charge is -2.28. The van der Waals surface area contributed by atoms with E-state index in [9.17, 15) is 19.2 Å². The van der Waals surface area contributed by atoms with E-state index in [1.807, 2.05) is 0 Å². The van der Waals surface area contributed by atoms with Gasteiger partial charge in [0.1, 0.15) is 29.4 Å². The Hall–Kier alpha value is -4.64. The first-order valence-electron chi connectivity index (χ1n) is 12.3. The van der Waals surface area contributed by atoms with E-state index in [0.29, 0.717) is 40.3 Å². The summed E-state index contributed by atoms with van der Waals surface area (Å²) in [5.74, 6) is -1.51. The van der Waals surface area contributed by atoms with Crippen LogP contribution >= 0.6 is 15.9 Å². The Morgan fingerprint density at radius 1 is 0.950 bits per heavy atom. The number of imide groups is 2. The maximum atomic E-state index is 13.5. The Kier molecular flexibility index (Phi) is 8.85. The maximum absolute atomic E-state index is 13.5. The number of hydrogen-bond donors (Lipinski definition) is 2. The standard InChI is InChI=1S/C29H25BrN2O8/c1-3-38-20-9-11-25(39-4-2)23(15-20)32-27(34)21(26(33)31-29(32)37)13-17-8-10-24(22(30)14-17)40-16-18-6-5-7-19(12-18)28(35)36/h5-15H,3-4,16H2,1-2H3,(H,35,36)(H,31,33,37)/b21-13+. The lowest BCUT2D eigenvalue weighted by atomic mass is 10.1. The highest BCUT2D eigenvalue weighted by atomic mass is 79.9. The van der Waals surface area contributed by atoms with Crippen LogP contribution in [0.15, 0.2) is 70.7 Å². The van der Waals surface area contributed by atoms with Gasteiger partial charge < -0.3 is 19.3 Å². The number of barbiturate groups is 1. The molecule has 1 fully saturated rings. The number of rotatable bonds is 10. The maximum Gasteiger partial charge on any atom is 0.336 e. The van der Waals surface area contributed by atoms with Crippen LogP contribution in [0.3, 0.4) is 0 Å². The van der Waals surface area contributed by atoms with Gasteiger partial charge in [0.15, 0.2) is 0 Å². The van der Waals surface area contributed by atoms with Crippen molar-refractivity contribution >= 4 is 51.5 Å². The highest BCUT2D eigenvalue weighted by Gasteiger charge is 2.38. The predicted octanol–water partition coefficient (Wildman–Crippen LogP) is 5.19. The molecule has 3 aromatic rings. The molecule has 206 valence electrons. The number of anilines is 1. The first-order chi connectivity index (χ1) is 19.2. The largest absolute Gasteiger partial charge is 0.494 e. The molecule has 0 aliphatic carbocycles. The molecule has 0 spiro atoms. The fourth-order valence-electron chi connectivity index (χ4n) is 3.93. The summed E-state index contributed by atoms with van der Waals surface area (Å²) >= 11 is 3.43. The van der Waals surface area contributed by atoms with Gasteiger partial charge in [-0.05, 0) is 83.4 Å². The molecule has 0 radical (unpaired) electrons. The fourth-order valence-corrected chi connectivity index (χ4v) is 4.44. The monoisotopic (exact) mass is 608 g/mol. The first kappa shape index (κ1) is 28.4. The van der Waals surface area contributed by atoms with Crippen LogP contribution in [0.1, 0.15) is 35.3 Å². The van der Waals surface area contributed by atoms with E-state index in [-0.39, 0.29) is 29.2 Å². The first-order valence-corrected chi connectivity index (χ1v) is 13.1. The van der Waals surface area contributed by atoms with E-state index in [2.05, 4.69) is 21.2 Å². The van der Waals surface area contributed by atoms with Crippen LogP contribution in [-0.4, -0.2) is 42.1 Å². The van der Waals surface area contributed by atoms with E-state index < -0.39 is 23.8 Å². The van der Waals surface area contributed by atoms with E-state index in [1.54, 1.807) is 56.3 Å². The zero-order chi connectivity index (χ0) is 28.8. The van der Waals surface area contributed by atoms with Gasteiger partial charge in [-0.1, -0.05) is 18.2 Å². The number of amides is 4. The fraction of sp³-hybridized carbons (Fsp3) is 0.172. The zero-order valence-corrected chi connectivity index (χ0v) is 23.2. The third-order valence-electron chi connectivity index (χ3n) is 5.72. The average molecular weight is 609 g/mol. The second-order valence-corrected chi connectivity index (χ2v) is 9.29. The minimum Gasteiger partial charge on any atom is -0.494 e. The molecule has 11 heteroatoms. The number of carbonyl (C=O) groups is 4. The lowest BCUT2D eigenvalue weighted by Crippen LogP contribution is -2.54. The van der Waals surface area contributed by atoms with Crippen molar-refractivity contribution in [2.45, 2.75) is 20.5 Å². The second-order valence-electron chi connectivity index (χ2n) is 8.44.